The lowest BCUT2D eigenvalue weighted by molar-refractivity contribution is -0.119. The van der Waals surface area contributed by atoms with Crippen LogP contribution in [0.3, 0.4) is 0 Å². The largest absolute Gasteiger partial charge is 0.311 e. The number of rotatable bonds is 5. The minimum absolute atomic E-state index is 0.136. The van der Waals surface area contributed by atoms with Crippen molar-refractivity contribution in [2.45, 2.75) is 50.3 Å². The second-order valence-corrected chi connectivity index (χ2v) is 10.1. The average Bonchev–Trinajstić information content (AvgIpc) is 3.47. The number of hydrogen-bond donors (Lipinski definition) is 1. The van der Waals surface area contributed by atoms with Crippen molar-refractivity contribution in [3.8, 4) is 0 Å². The Morgan fingerprint density at radius 1 is 1.18 bits per heavy atom. The number of aryl methyl sites for hydroxylation is 1. The quantitative estimate of drug-likeness (QED) is 0.825. The molecule has 4 rings (SSSR count). The van der Waals surface area contributed by atoms with Gasteiger partial charge in [0.25, 0.3) is 10.0 Å². The van der Waals surface area contributed by atoms with Gasteiger partial charge < -0.3 is 4.90 Å². The van der Waals surface area contributed by atoms with Crippen LogP contribution in [-0.2, 0) is 26.7 Å². The van der Waals surface area contributed by atoms with E-state index in [-0.39, 0.29) is 22.1 Å². The molecule has 1 fully saturated rings. The third kappa shape index (κ3) is 3.30. The fourth-order valence-electron chi connectivity index (χ4n) is 3.90. The zero-order valence-corrected chi connectivity index (χ0v) is 17.3. The van der Waals surface area contributed by atoms with E-state index in [2.05, 4.69) is 18.6 Å². The van der Waals surface area contributed by atoms with Gasteiger partial charge in [-0.2, -0.15) is 0 Å². The fraction of sp³-hybridized carbons (Fsp3) is 0.409. The van der Waals surface area contributed by atoms with Crippen LogP contribution in [0.25, 0.3) is 0 Å². The first-order valence-electron chi connectivity index (χ1n) is 9.79. The number of anilines is 2. The summed E-state index contributed by atoms with van der Waals surface area (Å²) in [6.45, 7) is 6.70. The molecular formula is C22H26N2O3S. The summed E-state index contributed by atoms with van der Waals surface area (Å²) in [4.78, 5) is 14.7. The van der Waals surface area contributed by atoms with E-state index in [0.29, 0.717) is 12.2 Å². The molecule has 1 saturated carbocycles. The van der Waals surface area contributed by atoms with Crippen molar-refractivity contribution in [2.24, 2.45) is 5.92 Å². The lowest BCUT2D eigenvalue weighted by atomic mass is 9.87. The van der Waals surface area contributed by atoms with Crippen molar-refractivity contribution in [3.05, 3.63) is 53.6 Å². The first-order chi connectivity index (χ1) is 13.2. The molecule has 0 aromatic heterocycles. The Labute approximate surface area is 166 Å². The smallest absolute Gasteiger partial charge is 0.261 e. The van der Waals surface area contributed by atoms with Gasteiger partial charge in [-0.25, -0.2) is 8.42 Å². The Kier molecular flexibility index (Phi) is 4.49. The molecule has 1 aliphatic carbocycles. The van der Waals surface area contributed by atoms with Crippen LogP contribution in [0, 0.1) is 5.92 Å². The standard InChI is InChI=1S/C22H26N2O3S/c1-4-15-7-5-6-8-19(15)23-28(26,27)17-11-12-20-18(13-17)22(2,3)14-24(20)21(25)16-9-10-16/h5-8,11-13,16,23H,4,9-10,14H2,1-3H3. The molecule has 1 aliphatic heterocycles. The fourth-order valence-corrected chi connectivity index (χ4v) is 5.03. The molecule has 2 aromatic carbocycles. The molecule has 1 amide bonds. The van der Waals surface area contributed by atoms with Gasteiger partial charge in [-0.1, -0.05) is 39.0 Å². The van der Waals surface area contributed by atoms with Gasteiger partial charge in [-0.3, -0.25) is 9.52 Å². The van der Waals surface area contributed by atoms with Gasteiger partial charge in [0.05, 0.1) is 10.6 Å². The first-order valence-corrected chi connectivity index (χ1v) is 11.3. The third-order valence-electron chi connectivity index (χ3n) is 5.69. The molecular weight excluding hydrogens is 372 g/mol. The van der Waals surface area contributed by atoms with Gasteiger partial charge >= 0.3 is 0 Å². The number of carbonyl (C=O) groups is 1. The molecule has 2 aliphatic rings. The summed E-state index contributed by atoms with van der Waals surface area (Å²) in [6, 6.07) is 12.5. The van der Waals surface area contributed by atoms with E-state index < -0.39 is 10.0 Å². The summed E-state index contributed by atoms with van der Waals surface area (Å²) in [5, 5.41) is 0. The Balaban J connectivity index is 1.69. The van der Waals surface area contributed by atoms with E-state index >= 15 is 0 Å². The molecule has 5 nitrogen and oxygen atoms in total. The summed E-state index contributed by atoms with van der Waals surface area (Å²) in [5.74, 6) is 0.301. The molecule has 1 N–H and O–H groups in total. The Hall–Kier alpha value is -2.34. The molecule has 0 atom stereocenters. The van der Waals surface area contributed by atoms with Gasteiger partial charge in [0, 0.05) is 23.6 Å². The van der Waals surface area contributed by atoms with Crippen molar-refractivity contribution >= 4 is 27.3 Å². The van der Waals surface area contributed by atoms with Crippen molar-refractivity contribution in [2.75, 3.05) is 16.2 Å². The highest BCUT2D eigenvalue weighted by Crippen LogP contribution is 2.44. The first kappa shape index (κ1) is 19.0. The monoisotopic (exact) mass is 398 g/mol. The van der Waals surface area contributed by atoms with E-state index in [0.717, 1.165) is 36.1 Å². The highest BCUT2D eigenvalue weighted by atomic mass is 32.2. The molecule has 148 valence electrons. The summed E-state index contributed by atoms with van der Waals surface area (Å²) in [7, 11) is -3.71. The van der Waals surface area contributed by atoms with E-state index in [1.807, 2.05) is 30.0 Å². The van der Waals surface area contributed by atoms with Crippen molar-refractivity contribution in [1.82, 2.24) is 0 Å². The van der Waals surface area contributed by atoms with E-state index in [1.54, 1.807) is 24.3 Å². The van der Waals surface area contributed by atoms with Gasteiger partial charge in [0.2, 0.25) is 5.91 Å². The number of hydrogen-bond acceptors (Lipinski definition) is 3. The molecule has 1 heterocycles. The highest BCUT2D eigenvalue weighted by Gasteiger charge is 2.43. The topological polar surface area (TPSA) is 66.5 Å². The minimum Gasteiger partial charge on any atom is -0.311 e. The average molecular weight is 399 g/mol. The van der Waals surface area contributed by atoms with Gasteiger partial charge in [-0.05, 0) is 54.7 Å². The van der Waals surface area contributed by atoms with Crippen LogP contribution in [0.15, 0.2) is 47.4 Å². The number of para-hydroxylation sites is 1. The van der Waals surface area contributed by atoms with Crippen LogP contribution in [0.2, 0.25) is 0 Å². The van der Waals surface area contributed by atoms with Crippen LogP contribution >= 0.6 is 0 Å². The molecule has 2 aromatic rings. The maximum atomic E-state index is 13.0. The normalized spacial score (nSPS) is 18.0. The Morgan fingerprint density at radius 2 is 1.89 bits per heavy atom. The third-order valence-corrected chi connectivity index (χ3v) is 7.05. The lowest BCUT2D eigenvalue weighted by Gasteiger charge is -2.20. The number of nitrogens with zero attached hydrogens (tertiary/aromatic N) is 1. The van der Waals surface area contributed by atoms with Crippen molar-refractivity contribution < 1.29 is 13.2 Å². The van der Waals surface area contributed by atoms with Crippen molar-refractivity contribution in [1.29, 1.82) is 0 Å². The molecule has 0 saturated heterocycles. The maximum Gasteiger partial charge on any atom is 0.261 e. The van der Waals surface area contributed by atoms with Gasteiger partial charge in [0.15, 0.2) is 0 Å². The highest BCUT2D eigenvalue weighted by molar-refractivity contribution is 7.92. The zero-order chi connectivity index (χ0) is 20.1. The summed E-state index contributed by atoms with van der Waals surface area (Å²) >= 11 is 0. The molecule has 0 spiro atoms. The molecule has 0 unspecified atom stereocenters. The zero-order valence-electron chi connectivity index (χ0n) is 16.5. The van der Waals surface area contributed by atoms with Crippen LogP contribution in [0.4, 0.5) is 11.4 Å². The van der Waals surface area contributed by atoms with Crippen LogP contribution in [0.1, 0.15) is 44.7 Å². The molecule has 28 heavy (non-hydrogen) atoms. The van der Waals surface area contributed by atoms with Gasteiger partial charge in [-0.15, -0.1) is 0 Å². The van der Waals surface area contributed by atoms with E-state index in [9.17, 15) is 13.2 Å². The predicted octanol–water partition coefficient (Wildman–Crippen LogP) is 4.08. The number of carbonyl (C=O) groups excluding carboxylic acids is 1. The van der Waals surface area contributed by atoms with Crippen molar-refractivity contribution in [3.63, 3.8) is 0 Å². The summed E-state index contributed by atoms with van der Waals surface area (Å²) < 4.78 is 28.8. The summed E-state index contributed by atoms with van der Waals surface area (Å²) in [5.41, 5.74) is 3.03. The molecule has 6 heteroatoms. The summed E-state index contributed by atoms with van der Waals surface area (Å²) in [6.07, 6.45) is 2.66. The van der Waals surface area contributed by atoms with Gasteiger partial charge in [0.1, 0.15) is 0 Å². The number of nitrogens with one attached hydrogen (secondary N) is 1. The maximum absolute atomic E-state index is 13.0. The molecule has 0 radical (unpaired) electrons. The number of fused-ring (bicyclic) bond motifs is 1. The second kappa shape index (κ2) is 6.62. The second-order valence-electron chi connectivity index (χ2n) is 8.38. The number of benzene rings is 2. The van der Waals surface area contributed by atoms with Crippen LogP contribution in [-0.4, -0.2) is 20.9 Å². The number of sulfonamides is 1. The SMILES string of the molecule is CCc1ccccc1NS(=O)(=O)c1ccc2c(c1)C(C)(C)CN2C(=O)C1CC1. The van der Waals surface area contributed by atoms with E-state index in [1.165, 1.54) is 0 Å². The Bertz CT molecular complexity index is 1040. The van der Waals surface area contributed by atoms with Crippen LogP contribution < -0.4 is 9.62 Å². The van der Waals surface area contributed by atoms with E-state index in [4.69, 9.17) is 0 Å². The lowest BCUT2D eigenvalue weighted by Crippen LogP contribution is -2.34. The Morgan fingerprint density at radius 3 is 2.57 bits per heavy atom. The predicted molar refractivity (Wildman–Crippen MR) is 111 cm³/mol. The van der Waals surface area contributed by atoms with Crippen LogP contribution in [0.5, 0.6) is 0 Å². The molecule has 0 bridgehead atoms. The minimum atomic E-state index is -3.71. The number of amides is 1.